The van der Waals surface area contributed by atoms with Gasteiger partial charge < -0.3 is 10.5 Å². The first-order valence-corrected chi connectivity index (χ1v) is 6.32. The van der Waals surface area contributed by atoms with Crippen LogP contribution in [0.3, 0.4) is 0 Å². The molecule has 2 nitrogen and oxygen atoms in total. The molecule has 2 rings (SSSR count). The Labute approximate surface area is 120 Å². The van der Waals surface area contributed by atoms with Crippen molar-refractivity contribution in [1.82, 2.24) is 0 Å². The maximum absolute atomic E-state index is 6.03. The molecule has 0 fully saturated rings. The maximum atomic E-state index is 6.03. The fraction of sp³-hybridized carbons (Fsp3) is 0.0769. The molecule has 0 heterocycles. The van der Waals surface area contributed by atoms with Crippen LogP contribution in [0.4, 0.5) is 5.69 Å². The molecule has 0 saturated heterocycles. The van der Waals surface area contributed by atoms with E-state index in [0.717, 1.165) is 5.56 Å². The van der Waals surface area contributed by atoms with Crippen LogP contribution in [0.5, 0.6) is 5.75 Å². The molecule has 2 N–H and O–H groups in total. The molecule has 94 valence electrons. The van der Waals surface area contributed by atoms with Crippen LogP contribution in [-0.4, -0.2) is 0 Å². The van der Waals surface area contributed by atoms with Crippen LogP contribution in [-0.2, 0) is 6.61 Å². The molecule has 0 bridgehead atoms. The van der Waals surface area contributed by atoms with Crippen molar-refractivity contribution in [2.45, 2.75) is 6.61 Å². The van der Waals surface area contributed by atoms with Gasteiger partial charge >= 0.3 is 0 Å². The highest BCUT2D eigenvalue weighted by Gasteiger charge is 2.07. The van der Waals surface area contributed by atoms with Gasteiger partial charge in [0.05, 0.1) is 15.7 Å². The second kappa shape index (κ2) is 5.70. The SMILES string of the molecule is Nc1cc(Cl)c(Cl)cc1OCc1ccccc1Cl. The lowest BCUT2D eigenvalue weighted by molar-refractivity contribution is 0.308. The fourth-order valence-electron chi connectivity index (χ4n) is 1.44. The van der Waals surface area contributed by atoms with Crippen molar-refractivity contribution < 1.29 is 4.74 Å². The lowest BCUT2D eigenvalue weighted by Crippen LogP contribution is -1.99. The number of rotatable bonds is 3. The Hall–Kier alpha value is -1.09. The summed E-state index contributed by atoms with van der Waals surface area (Å²) in [5.74, 6) is 0.490. The average Bonchev–Trinajstić information content (AvgIpc) is 2.34. The number of anilines is 1. The van der Waals surface area contributed by atoms with Gasteiger partial charge in [0.25, 0.3) is 0 Å². The van der Waals surface area contributed by atoms with E-state index in [4.69, 9.17) is 45.3 Å². The first-order valence-electron chi connectivity index (χ1n) is 5.18. The highest BCUT2D eigenvalue weighted by molar-refractivity contribution is 6.42. The highest BCUT2D eigenvalue weighted by Crippen LogP contribution is 2.33. The molecule has 0 aliphatic heterocycles. The predicted molar refractivity (Wildman–Crippen MR) is 76.7 cm³/mol. The van der Waals surface area contributed by atoms with Crippen molar-refractivity contribution in [1.29, 1.82) is 0 Å². The monoisotopic (exact) mass is 301 g/mol. The zero-order valence-corrected chi connectivity index (χ0v) is 11.6. The number of halogens is 3. The van der Waals surface area contributed by atoms with Crippen LogP contribution in [0, 0.1) is 0 Å². The first kappa shape index (κ1) is 13.3. The quantitative estimate of drug-likeness (QED) is 0.826. The second-order valence-corrected chi connectivity index (χ2v) is 4.91. The first-order chi connectivity index (χ1) is 8.58. The summed E-state index contributed by atoms with van der Waals surface area (Å²) >= 11 is 17.8. The van der Waals surface area contributed by atoms with Gasteiger partial charge in [-0.2, -0.15) is 0 Å². The molecule has 0 spiro atoms. The summed E-state index contributed by atoms with van der Waals surface area (Å²) in [5.41, 5.74) is 7.11. The van der Waals surface area contributed by atoms with Gasteiger partial charge in [0, 0.05) is 16.7 Å². The smallest absolute Gasteiger partial charge is 0.144 e. The van der Waals surface area contributed by atoms with E-state index in [1.807, 2.05) is 18.2 Å². The Morgan fingerprint density at radius 3 is 2.33 bits per heavy atom. The number of nitrogen functional groups attached to an aromatic ring is 1. The second-order valence-electron chi connectivity index (χ2n) is 3.68. The van der Waals surface area contributed by atoms with Gasteiger partial charge in [-0.1, -0.05) is 53.0 Å². The molecule has 0 atom stereocenters. The normalized spacial score (nSPS) is 10.4. The minimum atomic E-state index is 0.321. The maximum Gasteiger partial charge on any atom is 0.144 e. The van der Waals surface area contributed by atoms with Gasteiger partial charge in [-0.3, -0.25) is 0 Å². The molecule has 0 saturated carbocycles. The Morgan fingerprint density at radius 1 is 0.944 bits per heavy atom. The van der Waals surface area contributed by atoms with Gasteiger partial charge in [-0.15, -0.1) is 0 Å². The third kappa shape index (κ3) is 3.02. The van der Waals surface area contributed by atoms with Gasteiger partial charge in [0.2, 0.25) is 0 Å². The van der Waals surface area contributed by atoms with Crippen LogP contribution < -0.4 is 10.5 Å². The molecule has 0 aliphatic carbocycles. The van der Waals surface area contributed by atoms with Crippen LogP contribution >= 0.6 is 34.8 Å². The lowest BCUT2D eigenvalue weighted by atomic mass is 10.2. The topological polar surface area (TPSA) is 35.2 Å². The minimum absolute atomic E-state index is 0.321. The van der Waals surface area contributed by atoms with Crippen LogP contribution in [0.25, 0.3) is 0 Å². The zero-order chi connectivity index (χ0) is 13.1. The summed E-state index contributed by atoms with van der Waals surface area (Å²) in [6.07, 6.45) is 0. The largest absolute Gasteiger partial charge is 0.487 e. The van der Waals surface area contributed by atoms with E-state index < -0.39 is 0 Å². The molecule has 0 unspecified atom stereocenters. The lowest BCUT2D eigenvalue weighted by Gasteiger charge is -2.11. The van der Waals surface area contributed by atoms with Crippen LogP contribution in [0.15, 0.2) is 36.4 Å². The van der Waals surface area contributed by atoms with E-state index in [9.17, 15) is 0 Å². The van der Waals surface area contributed by atoms with Crippen molar-refractivity contribution in [3.63, 3.8) is 0 Å². The molecule has 0 aromatic heterocycles. The summed E-state index contributed by atoms with van der Waals surface area (Å²) in [4.78, 5) is 0. The van der Waals surface area contributed by atoms with Gasteiger partial charge in [0.1, 0.15) is 12.4 Å². The summed E-state index contributed by atoms with van der Waals surface area (Å²) in [6.45, 7) is 0.321. The minimum Gasteiger partial charge on any atom is -0.487 e. The van der Waals surface area contributed by atoms with E-state index in [1.165, 1.54) is 0 Å². The third-order valence-corrected chi connectivity index (χ3v) is 3.48. The van der Waals surface area contributed by atoms with E-state index >= 15 is 0 Å². The highest BCUT2D eigenvalue weighted by atomic mass is 35.5. The van der Waals surface area contributed by atoms with Crippen molar-refractivity contribution in [3.05, 3.63) is 57.0 Å². The molecule has 0 radical (unpaired) electrons. The zero-order valence-electron chi connectivity index (χ0n) is 9.29. The van der Waals surface area contributed by atoms with Crippen molar-refractivity contribution in [2.24, 2.45) is 0 Å². The summed E-state index contributed by atoms with van der Waals surface area (Å²) in [7, 11) is 0. The Bertz CT molecular complexity index is 572. The predicted octanol–water partition coefficient (Wildman–Crippen LogP) is 4.81. The van der Waals surface area contributed by atoms with Crippen molar-refractivity contribution >= 4 is 40.5 Å². The summed E-state index contributed by atoms with van der Waals surface area (Å²) < 4.78 is 5.59. The van der Waals surface area contributed by atoms with Gasteiger partial charge in [-0.05, 0) is 12.1 Å². The van der Waals surface area contributed by atoms with E-state index in [2.05, 4.69) is 0 Å². The number of nitrogens with two attached hydrogens (primary N) is 1. The van der Waals surface area contributed by atoms with Crippen molar-refractivity contribution in [3.8, 4) is 5.75 Å². The summed E-state index contributed by atoms with van der Waals surface area (Å²) in [6, 6.07) is 10.6. The molecule has 0 aliphatic rings. The Kier molecular flexibility index (Phi) is 4.23. The summed E-state index contributed by atoms with van der Waals surface area (Å²) in [5, 5.41) is 1.45. The number of hydrogen-bond acceptors (Lipinski definition) is 2. The number of ether oxygens (including phenoxy) is 1. The molecule has 0 amide bonds. The third-order valence-electron chi connectivity index (χ3n) is 2.39. The number of hydrogen-bond donors (Lipinski definition) is 1. The van der Waals surface area contributed by atoms with E-state index in [0.29, 0.717) is 33.1 Å². The fourth-order valence-corrected chi connectivity index (χ4v) is 1.96. The van der Waals surface area contributed by atoms with Crippen LogP contribution in [0.1, 0.15) is 5.56 Å². The Balaban J connectivity index is 2.16. The van der Waals surface area contributed by atoms with Crippen LogP contribution in [0.2, 0.25) is 15.1 Å². The molecule has 18 heavy (non-hydrogen) atoms. The number of benzene rings is 2. The average molecular weight is 303 g/mol. The van der Waals surface area contributed by atoms with E-state index in [1.54, 1.807) is 18.2 Å². The Morgan fingerprint density at radius 2 is 1.61 bits per heavy atom. The molecular formula is C13H10Cl3NO. The molecule has 2 aromatic rings. The standard InChI is InChI=1S/C13H10Cl3NO/c14-9-4-2-1-3-8(9)7-18-13-6-11(16)10(15)5-12(13)17/h1-6H,7,17H2. The van der Waals surface area contributed by atoms with Crippen molar-refractivity contribution in [2.75, 3.05) is 5.73 Å². The van der Waals surface area contributed by atoms with E-state index in [-0.39, 0.29) is 0 Å². The molecular weight excluding hydrogens is 293 g/mol. The molecule has 5 heteroatoms. The molecule has 2 aromatic carbocycles. The van der Waals surface area contributed by atoms with Gasteiger partial charge in [0.15, 0.2) is 0 Å². The van der Waals surface area contributed by atoms with Gasteiger partial charge in [-0.25, -0.2) is 0 Å².